The molecule has 0 saturated heterocycles. The maximum atomic E-state index is 4.64. The van der Waals surface area contributed by atoms with Crippen LogP contribution in [0.5, 0.6) is 0 Å². The molecule has 4 rings (SSSR count). The van der Waals surface area contributed by atoms with Crippen molar-refractivity contribution in [1.82, 2.24) is 20.2 Å². The normalized spacial score (nSPS) is 11.3. The molecule has 0 spiro atoms. The molecule has 4 heteroatoms. The van der Waals surface area contributed by atoms with Crippen molar-refractivity contribution in [2.24, 2.45) is 0 Å². The molecule has 3 heterocycles. The van der Waals surface area contributed by atoms with Gasteiger partial charge in [-0.15, -0.1) is 0 Å². The molecular formula is C20H18N4. The summed E-state index contributed by atoms with van der Waals surface area (Å²) >= 11 is 0. The predicted molar refractivity (Wildman–Crippen MR) is 96.6 cm³/mol. The van der Waals surface area contributed by atoms with E-state index in [2.05, 4.69) is 70.4 Å². The van der Waals surface area contributed by atoms with Crippen LogP contribution in [0.2, 0.25) is 0 Å². The number of pyridine rings is 2. The minimum atomic E-state index is 0.487. The Bertz CT molecular complexity index is 1000. The molecule has 24 heavy (non-hydrogen) atoms. The van der Waals surface area contributed by atoms with Gasteiger partial charge in [0, 0.05) is 34.5 Å². The topological polar surface area (TPSA) is 54.5 Å². The van der Waals surface area contributed by atoms with E-state index in [1.54, 1.807) is 6.20 Å². The smallest absolute Gasteiger partial charge is 0.155 e. The third-order valence-corrected chi connectivity index (χ3v) is 4.24. The zero-order chi connectivity index (χ0) is 16.5. The van der Waals surface area contributed by atoms with E-state index in [-0.39, 0.29) is 0 Å². The molecular weight excluding hydrogens is 296 g/mol. The van der Waals surface area contributed by atoms with Crippen LogP contribution in [-0.4, -0.2) is 20.2 Å². The molecule has 0 bridgehead atoms. The van der Waals surface area contributed by atoms with Crippen LogP contribution in [0.3, 0.4) is 0 Å². The van der Waals surface area contributed by atoms with Gasteiger partial charge in [0.15, 0.2) is 5.65 Å². The Morgan fingerprint density at radius 3 is 2.71 bits per heavy atom. The van der Waals surface area contributed by atoms with Crippen LogP contribution < -0.4 is 0 Å². The molecule has 0 amide bonds. The summed E-state index contributed by atoms with van der Waals surface area (Å²) < 4.78 is 0. The second kappa shape index (κ2) is 5.89. The summed E-state index contributed by atoms with van der Waals surface area (Å²) in [7, 11) is 0. The van der Waals surface area contributed by atoms with Crippen LogP contribution in [0.25, 0.3) is 33.4 Å². The summed E-state index contributed by atoms with van der Waals surface area (Å²) in [5.74, 6) is 0.487. The van der Waals surface area contributed by atoms with E-state index in [4.69, 9.17) is 0 Å². The Morgan fingerprint density at radius 2 is 1.83 bits per heavy atom. The third kappa shape index (κ3) is 2.56. The highest BCUT2D eigenvalue weighted by atomic mass is 15.1. The SMILES string of the molecule is CC(C)c1cccc(-c2ncccc2-c2cnc3[nH]ncc3c2)c1. The molecule has 0 aliphatic rings. The second-order valence-electron chi connectivity index (χ2n) is 6.21. The lowest BCUT2D eigenvalue weighted by Crippen LogP contribution is -1.92. The number of nitrogens with zero attached hydrogens (tertiary/aromatic N) is 3. The van der Waals surface area contributed by atoms with E-state index in [9.17, 15) is 0 Å². The van der Waals surface area contributed by atoms with Gasteiger partial charge >= 0.3 is 0 Å². The van der Waals surface area contributed by atoms with Crippen molar-refractivity contribution >= 4 is 11.0 Å². The number of fused-ring (bicyclic) bond motifs is 1. The minimum absolute atomic E-state index is 0.487. The maximum Gasteiger partial charge on any atom is 0.155 e. The molecule has 4 aromatic rings. The van der Waals surface area contributed by atoms with Crippen LogP contribution >= 0.6 is 0 Å². The highest BCUT2D eigenvalue weighted by molar-refractivity contribution is 5.86. The van der Waals surface area contributed by atoms with Gasteiger partial charge in [-0.3, -0.25) is 10.1 Å². The fourth-order valence-electron chi connectivity index (χ4n) is 2.90. The third-order valence-electron chi connectivity index (χ3n) is 4.24. The van der Waals surface area contributed by atoms with Crippen molar-refractivity contribution < 1.29 is 0 Å². The lowest BCUT2D eigenvalue weighted by molar-refractivity contribution is 0.867. The summed E-state index contributed by atoms with van der Waals surface area (Å²) in [6.07, 6.45) is 5.50. The Hall–Kier alpha value is -3.01. The molecule has 0 atom stereocenters. The van der Waals surface area contributed by atoms with E-state index in [1.807, 2.05) is 18.5 Å². The number of rotatable bonds is 3. The van der Waals surface area contributed by atoms with Crippen molar-refractivity contribution in [3.63, 3.8) is 0 Å². The average Bonchev–Trinajstić information content (AvgIpc) is 3.09. The van der Waals surface area contributed by atoms with Crippen molar-refractivity contribution in [1.29, 1.82) is 0 Å². The number of H-pyrrole nitrogens is 1. The van der Waals surface area contributed by atoms with Crippen molar-refractivity contribution in [3.8, 4) is 22.4 Å². The summed E-state index contributed by atoms with van der Waals surface area (Å²) in [5, 5.41) is 7.93. The summed E-state index contributed by atoms with van der Waals surface area (Å²) in [4.78, 5) is 9.09. The van der Waals surface area contributed by atoms with Crippen molar-refractivity contribution in [3.05, 3.63) is 66.6 Å². The first kappa shape index (κ1) is 14.6. The molecule has 0 fully saturated rings. The number of nitrogens with one attached hydrogen (secondary N) is 1. The summed E-state index contributed by atoms with van der Waals surface area (Å²) in [6.45, 7) is 4.41. The molecule has 4 nitrogen and oxygen atoms in total. The van der Waals surface area contributed by atoms with Crippen LogP contribution in [0.1, 0.15) is 25.3 Å². The number of hydrogen-bond acceptors (Lipinski definition) is 3. The molecule has 1 N–H and O–H groups in total. The number of aromatic nitrogens is 4. The minimum Gasteiger partial charge on any atom is -0.261 e. The fourth-order valence-corrected chi connectivity index (χ4v) is 2.90. The van der Waals surface area contributed by atoms with Gasteiger partial charge in [0.2, 0.25) is 0 Å². The Kier molecular flexibility index (Phi) is 3.58. The van der Waals surface area contributed by atoms with Gasteiger partial charge in [-0.1, -0.05) is 38.1 Å². The summed E-state index contributed by atoms with van der Waals surface area (Å²) in [6, 6.07) is 14.7. The Balaban J connectivity index is 1.87. The molecule has 0 saturated carbocycles. The fraction of sp³-hybridized carbons (Fsp3) is 0.150. The van der Waals surface area contributed by atoms with Gasteiger partial charge in [0.25, 0.3) is 0 Å². The van der Waals surface area contributed by atoms with Gasteiger partial charge in [-0.2, -0.15) is 5.10 Å². The van der Waals surface area contributed by atoms with E-state index in [0.29, 0.717) is 5.92 Å². The van der Waals surface area contributed by atoms with Gasteiger partial charge < -0.3 is 0 Å². The van der Waals surface area contributed by atoms with E-state index < -0.39 is 0 Å². The van der Waals surface area contributed by atoms with Crippen LogP contribution in [-0.2, 0) is 0 Å². The standard InChI is InChI=1S/C20H18N4/c1-13(2)14-5-3-6-15(9-14)19-18(7-4-8-21-19)16-10-17-12-23-24-20(17)22-11-16/h3-13H,1-2H3,(H,22,23,24). The average molecular weight is 314 g/mol. The number of hydrogen-bond donors (Lipinski definition) is 1. The molecule has 3 aromatic heterocycles. The first-order valence-electron chi connectivity index (χ1n) is 8.07. The Morgan fingerprint density at radius 1 is 0.917 bits per heavy atom. The number of benzene rings is 1. The maximum absolute atomic E-state index is 4.64. The molecule has 1 aromatic carbocycles. The van der Waals surface area contributed by atoms with Gasteiger partial charge in [-0.25, -0.2) is 4.98 Å². The summed E-state index contributed by atoms with van der Waals surface area (Å²) in [5.41, 5.74) is 6.34. The molecule has 0 unspecified atom stereocenters. The van der Waals surface area contributed by atoms with Crippen LogP contribution in [0, 0.1) is 0 Å². The molecule has 0 radical (unpaired) electrons. The van der Waals surface area contributed by atoms with Gasteiger partial charge in [0.05, 0.1) is 11.9 Å². The quantitative estimate of drug-likeness (QED) is 0.590. The first-order chi connectivity index (χ1) is 11.7. The lowest BCUT2D eigenvalue weighted by Gasteiger charge is -2.11. The second-order valence-corrected chi connectivity index (χ2v) is 6.21. The van der Waals surface area contributed by atoms with E-state index in [0.717, 1.165) is 33.4 Å². The van der Waals surface area contributed by atoms with E-state index in [1.165, 1.54) is 5.56 Å². The van der Waals surface area contributed by atoms with Gasteiger partial charge in [-0.05, 0) is 29.7 Å². The lowest BCUT2D eigenvalue weighted by atomic mass is 9.96. The predicted octanol–water partition coefficient (Wildman–Crippen LogP) is 4.81. The molecule has 118 valence electrons. The van der Waals surface area contributed by atoms with Crippen molar-refractivity contribution in [2.75, 3.05) is 0 Å². The van der Waals surface area contributed by atoms with Crippen LogP contribution in [0.15, 0.2) is 61.1 Å². The van der Waals surface area contributed by atoms with E-state index >= 15 is 0 Å². The van der Waals surface area contributed by atoms with Crippen LogP contribution in [0.4, 0.5) is 0 Å². The largest absolute Gasteiger partial charge is 0.261 e. The van der Waals surface area contributed by atoms with Gasteiger partial charge in [0.1, 0.15) is 0 Å². The van der Waals surface area contributed by atoms with Crippen molar-refractivity contribution in [2.45, 2.75) is 19.8 Å². The first-order valence-corrected chi connectivity index (χ1v) is 8.07. The molecule has 0 aliphatic carbocycles. The Labute approximate surface area is 140 Å². The highest BCUT2D eigenvalue weighted by Gasteiger charge is 2.11. The highest BCUT2D eigenvalue weighted by Crippen LogP contribution is 2.32. The zero-order valence-corrected chi connectivity index (χ0v) is 13.7. The monoisotopic (exact) mass is 314 g/mol. The molecule has 0 aliphatic heterocycles. The zero-order valence-electron chi connectivity index (χ0n) is 13.7. The number of aromatic amines is 1.